The number of hydrogen-bond acceptors (Lipinski definition) is 12. The second-order valence-electron chi connectivity index (χ2n) is 15.7. The zero-order chi connectivity index (χ0) is 41.2. The van der Waals surface area contributed by atoms with Crippen LogP contribution in [0.4, 0.5) is 44.0 Å². The molecule has 2 aromatic carbocycles. The smallest absolute Gasteiger partial charge is 0.407 e. The Bertz CT molecular complexity index is 2200. The Morgan fingerprint density at radius 2 is 1.21 bits per heavy atom. The quantitative estimate of drug-likeness (QED) is 0.0869. The number of fused-ring (bicyclic) bond motifs is 2. The topological polar surface area (TPSA) is 250 Å². The molecule has 2 saturated carbocycles. The average molecular weight is 839 g/mol. The second-order valence-corrected chi connectivity index (χ2v) is 19.2. The first kappa shape index (κ1) is 40.7. The zero-order valence-corrected chi connectivity index (χ0v) is 34.3. The van der Waals surface area contributed by atoms with Crippen molar-refractivity contribution >= 4 is 66.6 Å². The molecule has 0 unspecified atom stereocenters. The highest BCUT2D eigenvalue weighted by atomic mass is 32.2. The maximum absolute atomic E-state index is 11.8. The molecule has 0 radical (unpaired) electrons. The Hall–Kier alpha value is -5.50. The van der Waals surface area contributed by atoms with E-state index in [4.69, 9.17) is 9.47 Å². The van der Waals surface area contributed by atoms with Gasteiger partial charge < -0.3 is 30.7 Å². The van der Waals surface area contributed by atoms with Crippen molar-refractivity contribution in [2.24, 2.45) is 0 Å². The number of carbonyl (C=O) groups is 2. The third kappa shape index (κ3) is 10.1. The molecule has 0 saturated heterocycles. The van der Waals surface area contributed by atoms with Crippen molar-refractivity contribution in [1.29, 1.82) is 0 Å². The molecular weight excluding hydrogens is 789 g/mol. The van der Waals surface area contributed by atoms with E-state index in [2.05, 4.69) is 51.1 Å². The number of amides is 2. The lowest BCUT2D eigenvalue weighted by atomic mass is 10.0. The van der Waals surface area contributed by atoms with E-state index in [9.17, 15) is 26.4 Å². The van der Waals surface area contributed by atoms with Gasteiger partial charge in [-0.05, 0) is 90.0 Å². The van der Waals surface area contributed by atoms with Crippen molar-refractivity contribution in [3.63, 3.8) is 0 Å². The first-order valence-electron chi connectivity index (χ1n) is 19.4. The summed E-state index contributed by atoms with van der Waals surface area (Å²) >= 11 is 0. The van der Waals surface area contributed by atoms with E-state index in [1.54, 1.807) is 18.2 Å². The molecular formula is C38H50N10O8S2. The van der Waals surface area contributed by atoms with E-state index in [1.165, 1.54) is 0 Å². The van der Waals surface area contributed by atoms with Gasteiger partial charge in [0.25, 0.3) is 0 Å². The number of H-pyrrole nitrogens is 2. The lowest BCUT2D eigenvalue weighted by Gasteiger charge is -2.14. The summed E-state index contributed by atoms with van der Waals surface area (Å²) in [7, 11) is -6.63. The number of aromatic nitrogens is 4. The normalized spacial score (nSPS) is 22.2. The maximum Gasteiger partial charge on any atom is 0.407 e. The van der Waals surface area contributed by atoms with Crippen LogP contribution >= 0.6 is 0 Å². The predicted octanol–water partition coefficient (Wildman–Crippen LogP) is 6.36. The Morgan fingerprint density at radius 3 is 1.78 bits per heavy atom. The fraction of sp³-hybridized carbons (Fsp3) is 0.474. The number of nitrogens with one attached hydrogen (secondary N) is 8. The van der Waals surface area contributed by atoms with Crippen LogP contribution in [0.1, 0.15) is 101 Å². The van der Waals surface area contributed by atoms with Crippen LogP contribution in [0.2, 0.25) is 0 Å². The summed E-state index contributed by atoms with van der Waals surface area (Å²) in [4.78, 5) is 23.6. The number of benzene rings is 2. The van der Waals surface area contributed by atoms with Crippen molar-refractivity contribution in [3.8, 4) is 0 Å². The highest BCUT2D eigenvalue weighted by Gasteiger charge is 2.32. The number of nitrogens with zero attached hydrogens (tertiary/aromatic N) is 2. The summed E-state index contributed by atoms with van der Waals surface area (Å²) < 4.78 is 63.4. The molecule has 0 spiro atoms. The highest BCUT2D eigenvalue weighted by Crippen LogP contribution is 2.40. The van der Waals surface area contributed by atoms with Crippen molar-refractivity contribution in [2.45, 2.75) is 114 Å². The summed E-state index contributed by atoms with van der Waals surface area (Å²) in [5.74, 6) is 1.63. The molecule has 4 aromatic rings. The standard InChI is InChI=1S/2C19H25N5O4S/c1-11(2)20-19(25)28-13-7-6-12(8-13)17-9-18(23-22-17)21-15-4-3-5-16-14(15)10-29(26,27)24-16;1-11(2)20-19(25)28-14-7-6-12(8-14)16-9-17(23-22-16)21-15-5-3-4-13-10-29(26,27)24-18(13)15/h3-5,9,11-13,24H,6-8,10H2,1-2H3,(H,20,25)(H2,21,22,23);3-5,9,11-12,14,24H,6-8,10H2,1-2H3,(H,20,25)(H2,21,22,23)/t12-,13+;12-,14+/m00/s1. The largest absolute Gasteiger partial charge is 0.446 e. The summed E-state index contributed by atoms with van der Waals surface area (Å²) in [6.07, 6.45) is 3.96. The lowest BCUT2D eigenvalue weighted by Crippen LogP contribution is -2.33. The Kier molecular flexibility index (Phi) is 11.8. The molecule has 4 aliphatic rings. The first-order valence-corrected chi connectivity index (χ1v) is 22.7. The van der Waals surface area contributed by atoms with Gasteiger partial charge in [0.2, 0.25) is 20.0 Å². The van der Waals surface area contributed by atoms with E-state index >= 15 is 0 Å². The number of aromatic amines is 2. The molecule has 0 bridgehead atoms. The third-order valence-corrected chi connectivity index (χ3v) is 12.7. The summed E-state index contributed by atoms with van der Waals surface area (Å²) in [6, 6.07) is 14.7. The minimum atomic E-state index is -3.32. The van der Waals surface area contributed by atoms with Gasteiger partial charge in [-0.2, -0.15) is 10.2 Å². The number of anilines is 6. The van der Waals surface area contributed by atoms with Crippen LogP contribution in [-0.2, 0) is 41.0 Å². The van der Waals surface area contributed by atoms with Gasteiger partial charge in [0.1, 0.15) is 12.2 Å². The van der Waals surface area contributed by atoms with Crippen molar-refractivity contribution in [2.75, 3.05) is 20.1 Å². The van der Waals surface area contributed by atoms with E-state index < -0.39 is 20.0 Å². The molecule has 312 valence electrons. The van der Waals surface area contributed by atoms with Gasteiger partial charge in [-0.3, -0.25) is 19.6 Å². The zero-order valence-electron chi connectivity index (χ0n) is 32.7. The van der Waals surface area contributed by atoms with Crippen LogP contribution in [0.5, 0.6) is 0 Å². The van der Waals surface area contributed by atoms with Crippen LogP contribution in [0.25, 0.3) is 0 Å². The molecule has 58 heavy (non-hydrogen) atoms. The van der Waals surface area contributed by atoms with Gasteiger partial charge in [0.05, 0.1) is 28.6 Å². The number of hydrogen-bond donors (Lipinski definition) is 8. The van der Waals surface area contributed by atoms with Crippen LogP contribution in [0.3, 0.4) is 0 Å². The maximum atomic E-state index is 11.8. The molecule has 4 heterocycles. The van der Waals surface area contributed by atoms with Gasteiger partial charge in [-0.15, -0.1) is 0 Å². The number of para-hydroxylation sites is 1. The van der Waals surface area contributed by atoms with Crippen LogP contribution < -0.4 is 30.7 Å². The number of alkyl carbamates (subject to hydrolysis) is 2. The fourth-order valence-corrected chi connectivity index (χ4v) is 10.3. The first-order chi connectivity index (χ1) is 27.6. The lowest BCUT2D eigenvalue weighted by molar-refractivity contribution is 0.0972. The average Bonchev–Trinajstić information content (AvgIpc) is 3.97. The van der Waals surface area contributed by atoms with E-state index in [-0.39, 0.29) is 59.8 Å². The Morgan fingerprint density at radius 1 is 0.690 bits per heavy atom. The number of sulfonamides is 2. The number of rotatable bonds is 10. The molecule has 2 aliphatic carbocycles. The molecule has 8 rings (SSSR count). The minimum absolute atomic E-state index is 0.0164. The van der Waals surface area contributed by atoms with Crippen LogP contribution in [0.15, 0.2) is 48.5 Å². The fourth-order valence-electron chi connectivity index (χ4n) is 7.69. The second kappa shape index (κ2) is 16.8. The van der Waals surface area contributed by atoms with Gasteiger partial charge in [-0.25, -0.2) is 26.4 Å². The van der Waals surface area contributed by atoms with Crippen molar-refractivity contribution < 1.29 is 35.9 Å². The molecule has 2 aromatic heterocycles. The third-order valence-electron chi connectivity index (χ3n) is 10.3. The van der Waals surface area contributed by atoms with Crippen LogP contribution in [0, 0.1) is 0 Å². The van der Waals surface area contributed by atoms with E-state index in [0.29, 0.717) is 39.9 Å². The summed E-state index contributed by atoms with van der Waals surface area (Å²) in [5.41, 5.74) is 5.94. The monoisotopic (exact) mass is 838 g/mol. The highest BCUT2D eigenvalue weighted by molar-refractivity contribution is 7.92. The molecule has 2 fully saturated rings. The predicted molar refractivity (Wildman–Crippen MR) is 219 cm³/mol. The molecule has 18 nitrogen and oxygen atoms in total. The molecule has 20 heteroatoms. The molecule has 4 atom stereocenters. The van der Waals surface area contributed by atoms with Gasteiger partial charge >= 0.3 is 12.2 Å². The Labute approximate surface area is 337 Å². The van der Waals surface area contributed by atoms with Crippen molar-refractivity contribution in [1.82, 2.24) is 31.0 Å². The molecule has 2 aliphatic heterocycles. The minimum Gasteiger partial charge on any atom is -0.446 e. The summed E-state index contributed by atoms with van der Waals surface area (Å²) in [6.45, 7) is 7.58. The number of carbonyl (C=O) groups excluding carboxylic acids is 2. The SMILES string of the molecule is CC(C)NC(=O)O[C@@H]1CC[C@H](c2cc(Nc3cccc4c3CS(=O)(=O)N4)n[nH]2)C1.CC(C)NC(=O)O[C@@H]1CC[C@H](c2cc(Nc3cccc4c3NS(=O)(=O)C4)n[nH]2)C1. The molecule has 2 amide bonds. The van der Waals surface area contributed by atoms with Gasteiger partial charge in [0.15, 0.2) is 11.6 Å². The molecule has 8 N–H and O–H groups in total. The van der Waals surface area contributed by atoms with Gasteiger partial charge in [-0.1, -0.05) is 18.2 Å². The van der Waals surface area contributed by atoms with Crippen molar-refractivity contribution in [3.05, 3.63) is 71.0 Å². The Balaban J connectivity index is 0.000000177. The number of ether oxygens (including phenoxy) is 2. The summed E-state index contributed by atoms with van der Waals surface area (Å²) in [5, 5.41) is 26.6. The van der Waals surface area contributed by atoms with E-state index in [0.717, 1.165) is 55.5 Å². The van der Waals surface area contributed by atoms with Crippen LogP contribution in [-0.4, -0.2) is 73.7 Å². The van der Waals surface area contributed by atoms with Gasteiger partial charge in [0, 0.05) is 58.7 Å². The van der Waals surface area contributed by atoms with E-state index in [1.807, 2.05) is 58.0 Å².